The van der Waals surface area contributed by atoms with Gasteiger partial charge in [0.25, 0.3) is 5.91 Å². The van der Waals surface area contributed by atoms with E-state index in [1.807, 2.05) is 0 Å². The predicted molar refractivity (Wildman–Crippen MR) is 94.1 cm³/mol. The summed E-state index contributed by atoms with van der Waals surface area (Å²) in [6.07, 6.45) is 1.07. The van der Waals surface area contributed by atoms with Crippen molar-refractivity contribution in [2.24, 2.45) is 0 Å². The Bertz CT molecular complexity index is 836. The van der Waals surface area contributed by atoms with E-state index in [4.69, 9.17) is 23.2 Å². The first-order chi connectivity index (χ1) is 10.7. The first-order valence-electron chi connectivity index (χ1n) is 6.48. The zero-order valence-electron chi connectivity index (χ0n) is 12.4. The van der Waals surface area contributed by atoms with Crippen LogP contribution in [0.3, 0.4) is 0 Å². The van der Waals surface area contributed by atoms with E-state index >= 15 is 0 Å². The van der Waals surface area contributed by atoms with Crippen LogP contribution < -0.4 is 9.62 Å². The minimum atomic E-state index is -3.34. The van der Waals surface area contributed by atoms with Crippen molar-refractivity contribution in [3.05, 3.63) is 58.1 Å². The molecule has 0 aliphatic heterocycles. The molecular weight excluding hydrogens is 359 g/mol. The summed E-state index contributed by atoms with van der Waals surface area (Å²) in [5, 5.41) is 0.681. The number of rotatable bonds is 4. The summed E-state index contributed by atoms with van der Waals surface area (Å²) >= 11 is 11.8. The van der Waals surface area contributed by atoms with Crippen LogP contribution in [0.1, 0.15) is 10.4 Å². The van der Waals surface area contributed by atoms with Crippen molar-refractivity contribution in [3.63, 3.8) is 0 Å². The molecule has 0 aliphatic carbocycles. The monoisotopic (exact) mass is 372 g/mol. The average molecular weight is 373 g/mol. The Morgan fingerprint density at radius 3 is 2.17 bits per heavy atom. The summed E-state index contributed by atoms with van der Waals surface area (Å²) in [5.74, 6) is -0.257. The molecule has 8 heteroatoms. The second kappa shape index (κ2) is 6.78. The molecule has 0 bridgehead atoms. The summed E-state index contributed by atoms with van der Waals surface area (Å²) in [6.45, 7) is 0. The third-order valence-electron chi connectivity index (χ3n) is 3.03. The summed E-state index contributed by atoms with van der Waals surface area (Å²) in [6, 6.07) is 11.1. The first-order valence-corrected chi connectivity index (χ1v) is 9.13. The Labute approximate surface area is 144 Å². The van der Waals surface area contributed by atoms with Gasteiger partial charge in [0.05, 0.1) is 16.3 Å². The van der Waals surface area contributed by atoms with Crippen LogP contribution in [0, 0.1) is 0 Å². The number of nitrogens with zero attached hydrogens (tertiary/aromatic N) is 1. The Balaban J connectivity index is 2.20. The van der Waals surface area contributed by atoms with Gasteiger partial charge in [0, 0.05) is 24.0 Å². The second-order valence-electron chi connectivity index (χ2n) is 4.91. The lowest BCUT2D eigenvalue weighted by atomic mass is 10.2. The summed E-state index contributed by atoms with van der Waals surface area (Å²) < 4.78 is 24.7. The molecule has 0 saturated carbocycles. The molecule has 2 aromatic rings. The van der Waals surface area contributed by atoms with Crippen molar-refractivity contribution in [1.29, 1.82) is 0 Å². The summed E-state index contributed by atoms with van der Waals surface area (Å²) in [5.41, 5.74) is 1.44. The fourth-order valence-corrected chi connectivity index (χ4v) is 2.77. The van der Waals surface area contributed by atoms with Crippen LogP contribution in [0.15, 0.2) is 42.5 Å². The van der Waals surface area contributed by atoms with E-state index in [1.165, 1.54) is 11.0 Å². The van der Waals surface area contributed by atoms with Crippen molar-refractivity contribution in [2.75, 3.05) is 22.9 Å². The van der Waals surface area contributed by atoms with Crippen LogP contribution in [-0.2, 0) is 10.0 Å². The number of amides is 1. The van der Waals surface area contributed by atoms with E-state index < -0.39 is 10.0 Å². The largest absolute Gasteiger partial charge is 0.311 e. The highest BCUT2D eigenvalue weighted by Gasteiger charge is 2.15. The van der Waals surface area contributed by atoms with Gasteiger partial charge in [-0.2, -0.15) is 0 Å². The minimum Gasteiger partial charge on any atom is -0.311 e. The maximum atomic E-state index is 12.4. The zero-order valence-corrected chi connectivity index (χ0v) is 14.7. The molecule has 2 aromatic carbocycles. The summed E-state index contributed by atoms with van der Waals surface area (Å²) in [4.78, 5) is 13.9. The molecule has 0 heterocycles. The van der Waals surface area contributed by atoms with Crippen LogP contribution in [-0.4, -0.2) is 27.6 Å². The topological polar surface area (TPSA) is 66.5 Å². The molecule has 2 rings (SSSR count). The van der Waals surface area contributed by atoms with Gasteiger partial charge in [0.15, 0.2) is 0 Å². The number of hydrogen-bond donors (Lipinski definition) is 1. The van der Waals surface area contributed by atoms with E-state index in [9.17, 15) is 13.2 Å². The fourth-order valence-electron chi connectivity index (χ4n) is 1.91. The Kier molecular flexibility index (Phi) is 5.19. The molecule has 23 heavy (non-hydrogen) atoms. The predicted octanol–water partition coefficient (Wildman–Crippen LogP) is 3.64. The molecule has 0 unspecified atom stereocenters. The van der Waals surface area contributed by atoms with Crippen molar-refractivity contribution in [1.82, 2.24) is 0 Å². The van der Waals surface area contributed by atoms with Gasteiger partial charge in [0.2, 0.25) is 10.0 Å². The van der Waals surface area contributed by atoms with E-state index in [-0.39, 0.29) is 5.91 Å². The molecule has 0 aromatic heterocycles. The van der Waals surface area contributed by atoms with Crippen LogP contribution in [0.25, 0.3) is 0 Å². The van der Waals surface area contributed by atoms with Gasteiger partial charge in [-0.15, -0.1) is 0 Å². The lowest BCUT2D eigenvalue weighted by Crippen LogP contribution is -2.26. The van der Waals surface area contributed by atoms with Gasteiger partial charge in [-0.25, -0.2) is 8.42 Å². The number of benzene rings is 2. The Morgan fingerprint density at radius 1 is 1.04 bits per heavy atom. The normalized spacial score (nSPS) is 11.1. The number of nitrogens with one attached hydrogen (secondary N) is 1. The lowest BCUT2D eigenvalue weighted by Gasteiger charge is -2.18. The molecule has 5 nitrogen and oxygen atoms in total. The lowest BCUT2D eigenvalue weighted by molar-refractivity contribution is 0.0993. The van der Waals surface area contributed by atoms with E-state index in [2.05, 4.69) is 4.72 Å². The molecule has 0 radical (unpaired) electrons. The third-order valence-corrected chi connectivity index (χ3v) is 4.37. The standard InChI is InChI=1S/C15H14Cl2N2O3S/c1-19(15(20)10-3-8-13(16)14(17)9-10)12-6-4-11(5-7-12)18-23(2,21)22/h3-9,18H,1-2H3. The SMILES string of the molecule is CN(C(=O)c1ccc(Cl)c(Cl)c1)c1ccc(NS(C)(=O)=O)cc1. The highest BCUT2D eigenvalue weighted by Crippen LogP contribution is 2.25. The Morgan fingerprint density at radius 2 is 1.65 bits per heavy atom. The van der Waals surface area contributed by atoms with Gasteiger partial charge >= 0.3 is 0 Å². The second-order valence-corrected chi connectivity index (χ2v) is 7.48. The third kappa shape index (κ3) is 4.60. The zero-order chi connectivity index (χ0) is 17.2. The number of hydrogen-bond acceptors (Lipinski definition) is 3. The first kappa shape index (κ1) is 17.6. The number of carbonyl (C=O) groups excluding carboxylic acids is 1. The van der Waals surface area contributed by atoms with E-state index in [0.717, 1.165) is 6.26 Å². The van der Waals surface area contributed by atoms with Gasteiger partial charge in [-0.1, -0.05) is 23.2 Å². The molecule has 122 valence electrons. The van der Waals surface area contributed by atoms with Crippen LogP contribution >= 0.6 is 23.2 Å². The maximum absolute atomic E-state index is 12.4. The minimum absolute atomic E-state index is 0.257. The molecule has 0 atom stereocenters. The summed E-state index contributed by atoms with van der Waals surface area (Å²) in [7, 11) is -1.72. The van der Waals surface area contributed by atoms with Gasteiger partial charge in [-0.05, 0) is 42.5 Å². The van der Waals surface area contributed by atoms with Crippen LogP contribution in [0.5, 0.6) is 0 Å². The fraction of sp³-hybridized carbons (Fsp3) is 0.133. The average Bonchev–Trinajstić information content (AvgIpc) is 2.48. The smallest absolute Gasteiger partial charge is 0.258 e. The number of anilines is 2. The molecule has 0 fully saturated rings. The van der Waals surface area contributed by atoms with Gasteiger partial charge < -0.3 is 4.90 Å². The quantitative estimate of drug-likeness (QED) is 0.890. The number of carbonyl (C=O) groups is 1. The van der Waals surface area contributed by atoms with Crippen molar-refractivity contribution in [3.8, 4) is 0 Å². The number of halogens is 2. The molecule has 0 aliphatic rings. The van der Waals surface area contributed by atoms with Gasteiger partial charge in [-0.3, -0.25) is 9.52 Å². The van der Waals surface area contributed by atoms with Crippen molar-refractivity contribution < 1.29 is 13.2 Å². The number of sulfonamides is 1. The molecular formula is C15H14Cl2N2O3S. The maximum Gasteiger partial charge on any atom is 0.258 e. The van der Waals surface area contributed by atoms with Crippen molar-refractivity contribution >= 4 is 50.5 Å². The van der Waals surface area contributed by atoms with Crippen LogP contribution in [0.2, 0.25) is 10.0 Å². The molecule has 0 spiro atoms. The van der Waals surface area contributed by atoms with Gasteiger partial charge in [0.1, 0.15) is 0 Å². The van der Waals surface area contributed by atoms with E-state index in [1.54, 1.807) is 43.4 Å². The highest BCUT2D eigenvalue weighted by molar-refractivity contribution is 7.92. The van der Waals surface area contributed by atoms with Crippen LogP contribution in [0.4, 0.5) is 11.4 Å². The highest BCUT2D eigenvalue weighted by atomic mass is 35.5. The molecule has 1 N–H and O–H groups in total. The molecule has 0 saturated heterocycles. The molecule has 1 amide bonds. The Hall–Kier alpha value is -1.76. The van der Waals surface area contributed by atoms with E-state index in [0.29, 0.717) is 27.0 Å². The van der Waals surface area contributed by atoms with Crippen molar-refractivity contribution in [2.45, 2.75) is 0 Å².